The van der Waals surface area contributed by atoms with Crippen LogP contribution in [-0.4, -0.2) is 23.3 Å². The molecule has 10 unspecified atom stereocenters. The molecule has 132 valence electrons. The number of hydrogen-bond acceptors (Lipinski definition) is 1. The molecule has 4 aliphatic rings. The van der Waals surface area contributed by atoms with Crippen LogP contribution in [0.15, 0.2) is 0 Å². The van der Waals surface area contributed by atoms with Crippen molar-refractivity contribution in [2.45, 2.75) is 51.3 Å². The van der Waals surface area contributed by atoms with Gasteiger partial charge in [-0.1, -0.05) is 13.8 Å². The molecule has 23 heavy (non-hydrogen) atoms. The molecule has 4 saturated carbocycles. The van der Waals surface area contributed by atoms with Gasteiger partial charge in [-0.25, -0.2) is 8.78 Å². The first-order valence-corrected chi connectivity index (χ1v) is 8.66. The lowest BCUT2D eigenvalue weighted by Crippen LogP contribution is -2.59. The van der Waals surface area contributed by atoms with E-state index in [1.54, 1.807) is 0 Å². The maximum absolute atomic E-state index is 13.3. The molecule has 4 rings (SSSR count). The smallest absolute Gasteiger partial charge is 0.376 e. The van der Waals surface area contributed by atoms with Crippen LogP contribution in [0.5, 0.6) is 0 Å². The molecule has 6 heteroatoms. The molecular weight excluding hydrogens is 315 g/mol. The van der Waals surface area contributed by atoms with Crippen LogP contribution in [0, 0.1) is 53.3 Å². The summed E-state index contributed by atoms with van der Waals surface area (Å²) < 4.78 is 66.3. The van der Waals surface area contributed by atoms with Crippen molar-refractivity contribution in [1.29, 1.82) is 0 Å². The molecule has 4 fully saturated rings. The van der Waals surface area contributed by atoms with Gasteiger partial charge < -0.3 is 5.11 Å². The zero-order chi connectivity index (χ0) is 16.9. The summed E-state index contributed by atoms with van der Waals surface area (Å²) in [7, 11) is 0. The first-order chi connectivity index (χ1) is 10.6. The molecule has 1 N–H and O–H groups in total. The Bertz CT molecular complexity index is 506. The summed E-state index contributed by atoms with van der Waals surface area (Å²) in [6.45, 7) is 4.37. The molecule has 0 heterocycles. The van der Waals surface area contributed by atoms with Gasteiger partial charge in [-0.3, -0.25) is 0 Å². The predicted octanol–water partition coefficient (Wildman–Crippen LogP) is 4.36. The summed E-state index contributed by atoms with van der Waals surface area (Å²) in [5, 5.41) is 9.98. The van der Waals surface area contributed by atoms with E-state index >= 15 is 0 Å². The van der Waals surface area contributed by atoms with Crippen molar-refractivity contribution < 1.29 is 27.1 Å². The standard InChI is InChI=1S/C17H23F5O/c1-6-7(2)10-5-9(6)13-8-3-11(14(10)13)12(4-8)16(23,15(18)19)17(20,21)22/h6-15,23H,3-5H2,1-2H3. The van der Waals surface area contributed by atoms with E-state index in [-0.39, 0.29) is 18.3 Å². The second-order valence-corrected chi connectivity index (χ2v) is 8.56. The van der Waals surface area contributed by atoms with Gasteiger partial charge in [0.25, 0.3) is 6.43 Å². The molecule has 4 aliphatic carbocycles. The monoisotopic (exact) mass is 338 g/mol. The van der Waals surface area contributed by atoms with Gasteiger partial charge in [-0.05, 0) is 66.6 Å². The minimum absolute atomic E-state index is 0.0903. The van der Waals surface area contributed by atoms with Gasteiger partial charge in [0, 0.05) is 5.92 Å². The van der Waals surface area contributed by atoms with Crippen molar-refractivity contribution in [2.75, 3.05) is 0 Å². The largest absolute Gasteiger partial charge is 0.423 e. The predicted molar refractivity (Wildman–Crippen MR) is 73.6 cm³/mol. The Labute approximate surface area is 132 Å². The van der Waals surface area contributed by atoms with Crippen LogP contribution in [0.4, 0.5) is 22.0 Å². The Hall–Kier alpha value is -0.390. The van der Waals surface area contributed by atoms with Crippen LogP contribution in [0.2, 0.25) is 0 Å². The molecule has 1 nitrogen and oxygen atoms in total. The number of hydrogen-bond donors (Lipinski definition) is 1. The number of halogens is 5. The maximum Gasteiger partial charge on any atom is 0.423 e. The van der Waals surface area contributed by atoms with Crippen molar-refractivity contribution >= 4 is 0 Å². The zero-order valence-corrected chi connectivity index (χ0v) is 13.2. The highest BCUT2D eigenvalue weighted by Crippen LogP contribution is 2.73. The Balaban J connectivity index is 1.67. The summed E-state index contributed by atoms with van der Waals surface area (Å²) in [5.74, 6) is 0.806. The van der Waals surface area contributed by atoms with Crippen molar-refractivity contribution in [3.05, 3.63) is 0 Å². The third-order valence-electron chi connectivity index (χ3n) is 8.20. The molecule has 4 bridgehead atoms. The fourth-order valence-corrected chi connectivity index (χ4v) is 7.23. The molecular formula is C17H23F5O. The number of fused-ring (bicyclic) bond motifs is 9. The lowest BCUT2D eigenvalue weighted by Gasteiger charge is -2.47. The van der Waals surface area contributed by atoms with Gasteiger partial charge in [-0.15, -0.1) is 0 Å². The number of alkyl halides is 5. The maximum atomic E-state index is 13.3. The molecule has 0 aliphatic heterocycles. The summed E-state index contributed by atoms with van der Waals surface area (Å²) in [6.07, 6.45) is -7.31. The molecule has 0 amide bonds. The van der Waals surface area contributed by atoms with Gasteiger partial charge in [0.15, 0.2) is 0 Å². The molecule has 0 aromatic carbocycles. The van der Waals surface area contributed by atoms with Crippen LogP contribution >= 0.6 is 0 Å². The average Bonchev–Trinajstić information content (AvgIpc) is 3.16. The van der Waals surface area contributed by atoms with E-state index in [1.165, 1.54) is 0 Å². The molecule has 0 aromatic rings. The van der Waals surface area contributed by atoms with Crippen LogP contribution in [0.1, 0.15) is 33.1 Å². The topological polar surface area (TPSA) is 20.2 Å². The molecule has 10 atom stereocenters. The summed E-state index contributed by atoms with van der Waals surface area (Å²) in [5.41, 5.74) is -3.84. The first kappa shape index (κ1) is 16.1. The van der Waals surface area contributed by atoms with Crippen molar-refractivity contribution in [1.82, 2.24) is 0 Å². The molecule has 0 radical (unpaired) electrons. The third kappa shape index (κ3) is 1.77. The van der Waals surface area contributed by atoms with Crippen LogP contribution in [-0.2, 0) is 0 Å². The van der Waals surface area contributed by atoms with E-state index in [1.807, 2.05) is 0 Å². The second-order valence-electron chi connectivity index (χ2n) is 8.56. The molecule has 0 aromatic heterocycles. The minimum Gasteiger partial charge on any atom is -0.376 e. The first-order valence-electron chi connectivity index (χ1n) is 8.66. The second kappa shape index (κ2) is 4.61. The third-order valence-corrected chi connectivity index (χ3v) is 8.20. The van der Waals surface area contributed by atoms with Gasteiger partial charge in [0.2, 0.25) is 5.60 Å². The lowest BCUT2D eigenvalue weighted by molar-refractivity contribution is -0.325. The van der Waals surface area contributed by atoms with E-state index in [2.05, 4.69) is 13.8 Å². The average molecular weight is 338 g/mol. The fraction of sp³-hybridized carbons (Fsp3) is 1.00. The van der Waals surface area contributed by atoms with Crippen molar-refractivity contribution in [3.8, 4) is 0 Å². The molecule has 0 saturated heterocycles. The number of aliphatic hydroxyl groups is 1. The summed E-state index contributed by atoms with van der Waals surface area (Å²) in [4.78, 5) is 0. The zero-order valence-electron chi connectivity index (χ0n) is 13.2. The Morgan fingerprint density at radius 3 is 1.96 bits per heavy atom. The van der Waals surface area contributed by atoms with E-state index < -0.39 is 30.0 Å². The summed E-state index contributed by atoms with van der Waals surface area (Å²) in [6, 6.07) is 0. The van der Waals surface area contributed by atoms with E-state index in [4.69, 9.17) is 0 Å². The highest BCUT2D eigenvalue weighted by Gasteiger charge is 2.74. The van der Waals surface area contributed by atoms with Gasteiger partial charge in [0.05, 0.1) is 0 Å². The van der Waals surface area contributed by atoms with Crippen LogP contribution in [0.25, 0.3) is 0 Å². The Morgan fingerprint density at radius 1 is 0.870 bits per heavy atom. The van der Waals surface area contributed by atoms with Crippen LogP contribution < -0.4 is 0 Å². The minimum atomic E-state index is -5.28. The van der Waals surface area contributed by atoms with Gasteiger partial charge in [-0.2, -0.15) is 13.2 Å². The van der Waals surface area contributed by atoms with Gasteiger partial charge >= 0.3 is 6.18 Å². The van der Waals surface area contributed by atoms with Gasteiger partial charge in [0.1, 0.15) is 0 Å². The number of rotatable bonds is 2. The summed E-state index contributed by atoms with van der Waals surface area (Å²) >= 11 is 0. The van der Waals surface area contributed by atoms with Crippen molar-refractivity contribution in [3.63, 3.8) is 0 Å². The highest BCUT2D eigenvalue weighted by atomic mass is 19.4. The Morgan fingerprint density at radius 2 is 1.43 bits per heavy atom. The van der Waals surface area contributed by atoms with E-state index in [0.717, 1.165) is 6.42 Å². The normalized spacial score (nSPS) is 53.9. The fourth-order valence-electron chi connectivity index (χ4n) is 7.23. The van der Waals surface area contributed by atoms with E-state index in [9.17, 15) is 27.1 Å². The van der Waals surface area contributed by atoms with Crippen LogP contribution in [0.3, 0.4) is 0 Å². The van der Waals surface area contributed by atoms with Crippen molar-refractivity contribution in [2.24, 2.45) is 53.3 Å². The SMILES string of the molecule is CC1C(C)C2CC1C1C3CC(C21)C(C(O)(C(F)F)C(F)(F)F)C3. The Kier molecular flexibility index (Phi) is 3.23. The quantitative estimate of drug-likeness (QED) is 0.586. The lowest BCUT2D eigenvalue weighted by atomic mass is 9.59. The highest BCUT2D eigenvalue weighted by molar-refractivity contribution is 5.17. The molecule has 0 spiro atoms. The van der Waals surface area contributed by atoms with E-state index in [0.29, 0.717) is 36.0 Å².